The molecule has 2 aromatic carbocycles. The molecule has 2 aromatic rings. The molecule has 0 spiro atoms. The lowest BCUT2D eigenvalue weighted by atomic mass is 10.1. The van der Waals surface area contributed by atoms with Crippen LogP contribution in [0.3, 0.4) is 0 Å². The Morgan fingerprint density at radius 1 is 1.30 bits per heavy atom. The minimum atomic E-state index is -0.486. The zero-order chi connectivity index (χ0) is 14.5. The van der Waals surface area contributed by atoms with E-state index in [-0.39, 0.29) is 5.02 Å². The number of anilines is 2. The summed E-state index contributed by atoms with van der Waals surface area (Å²) in [6.45, 7) is 0.617. The first-order valence-electron chi connectivity index (χ1n) is 6.22. The van der Waals surface area contributed by atoms with Crippen molar-refractivity contribution < 1.29 is 9.13 Å². The van der Waals surface area contributed by atoms with E-state index in [1.165, 1.54) is 12.1 Å². The molecule has 0 atom stereocenters. The quantitative estimate of drug-likeness (QED) is 0.826. The molecular formula is C15H16ClFN2O. The third-order valence-electron chi connectivity index (χ3n) is 2.99. The van der Waals surface area contributed by atoms with Gasteiger partial charge < -0.3 is 15.8 Å². The first-order chi connectivity index (χ1) is 9.61. The number of hydrogen-bond donors (Lipinski definition) is 2. The minimum Gasteiger partial charge on any atom is -0.496 e. The molecule has 0 bridgehead atoms. The second-order valence-electron chi connectivity index (χ2n) is 4.34. The average Bonchev–Trinajstić information content (AvgIpc) is 2.45. The van der Waals surface area contributed by atoms with Gasteiger partial charge in [-0.1, -0.05) is 29.8 Å². The molecule has 106 valence electrons. The number of benzene rings is 2. The number of nitrogens with one attached hydrogen (secondary N) is 1. The summed E-state index contributed by atoms with van der Waals surface area (Å²) in [7, 11) is 1.64. The van der Waals surface area contributed by atoms with E-state index in [9.17, 15) is 4.39 Å². The fraction of sp³-hybridized carbons (Fsp3) is 0.200. The summed E-state index contributed by atoms with van der Waals surface area (Å²) < 4.78 is 18.7. The lowest BCUT2D eigenvalue weighted by molar-refractivity contribution is 0.410. The number of rotatable bonds is 5. The molecule has 2 rings (SSSR count). The molecule has 20 heavy (non-hydrogen) atoms. The number of nitrogen functional groups attached to an aromatic ring is 1. The zero-order valence-electron chi connectivity index (χ0n) is 11.1. The van der Waals surface area contributed by atoms with Crippen LogP contribution in [0.2, 0.25) is 5.02 Å². The highest BCUT2D eigenvalue weighted by molar-refractivity contribution is 6.31. The average molecular weight is 295 g/mol. The molecule has 5 heteroatoms. The van der Waals surface area contributed by atoms with Crippen molar-refractivity contribution >= 4 is 23.0 Å². The molecule has 0 heterocycles. The Morgan fingerprint density at radius 2 is 2.05 bits per heavy atom. The number of para-hydroxylation sites is 1. The second-order valence-corrected chi connectivity index (χ2v) is 4.75. The van der Waals surface area contributed by atoms with Crippen molar-refractivity contribution in [1.29, 1.82) is 0 Å². The van der Waals surface area contributed by atoms with Crippen LogP contribution in [0, 0.1) is 5.82 Å². The lowest BCUT2D eigenvalue weighted by Gasteiger charge is -2.12. The summed E-state index contributed by atoms with van der Waals surface area (Å²) >= 11 is 5.66. The largest absolute Gasteiger partial charge is 0.496 e. The fourth-order valence-corrected chi connectivity index (χ4v) is 2.13. The standard InChI is InChI=1S/C15H16ClFN2O/c1-20-15-5-3-2-4-10(15)6-7-19-14-9-12(17)11(16)8-13(14)18/h2-5,8-9,19H,6-7,18H2,1H3. The van der Waals surface area contributed by atoms with Crippen molar-refractivity contribution in [3.05, 3.63) is 52.8 Å². The monoisotopic (exact) mass is 294 g/mol. The number of nitrogens with two attached hydrogens (primary N) is 1. The lowest BCUT2D eigenvalue weighted by Crippen LogP contribution is -2.08. The first-order valence-corrected chi connectivity index (χ1v) is 6.60. The van der Waals surface area contributed by atoms with Gasteiger partial charge in [-0.2, -0.15) is 0 Å². The van der Waals surface area contributed by atoms with Crippen molar-refractivity contribution in [3.63, 3.8) is 0 Å². The van der Waals surface area contributed by atoms with Gasteiger partial charge in [0.15, 0.2) is 0 Å². The smallest absolute Gasteiger partial charge is 0.143 e. The van der Waals surface area contributed by atoms with Crippen LogP contribution in [0.5, 0.6) is 5.75 Å². The predicted octanol–water partition coefficient (Wildman–Crippen LogP) is 3.72. The van der Waals surface area contributed by atoms with E-state index in [1.807, 2.05) is 24.3 Å². The van der Waals surface area contributed by atoms with E-state index in [2.05, 4.69) is 5.32 Å². The maximum atomic E-state index is 13.4. The second kappa shape index (κ2) is 6.48. The van der Waals surface area contributed by atoms with Crippen LogP contribution in [0.4, 0.5) is 15.8 Å². The molecule has 0 fully saturated rings. The molecule has 0 saturated carbocycles. The van der Waals surface area contributed by atoms with Crippen molar-refractivity contribution in [3.8, 4) is 5.75 Å². The van der Waals surface area contributed by atoms with Gasteiger partial charge in [0, 0.05) is 12.6 Å². The van der Waals surface area contributed by atoms with Crippen LogP contribution >= 0.6 is 11.6 Å². The highest BCUT2D eigenvalue weighted by atomic mass is 35.5. The Balaban J connectivity index is 2.01. The van der Waals surface area contributed by atoms with E-state index in [4.69, 9.17) is 22.1 Å². The topological polar surface area (TPSA) is 47.3 Å². The summed E-state index contributed by atoms with van der Waals surface area (Å²) in [5.41, 5.74) is 7.84. The van der Waals surface area contributed by atoms with Crippen LogP contribution in [-0.4, -0.2) is 13.7 Å². The van der Waals surface area contributed by atoms with Crippen molar-refractivity contribution in [2.75, 3.05) is 24.7 Å². The van der Waals surface area contributed by atoms with E-state index in [0.717, 1.165) is 17.7 Å². The van der Waals surface area contributed by atoms with Gasteiger partial charge >= 0.3 is 0 Å². The van der Waals surface area contributed by atoms with Gasteiger partial charge in [-0.25, -0.2) is 4.39 Å². The number of methoxy groups -OCH3 is 1. The number of hydrogen-bond acceptors (Lipinski definition) is 3. The van der Waals surface area contributed by atoms with Gasteiger partial charge in [0.1, 0.15) is 11.6 Å². The maximum absolute atomic E-state index is 13.4. The molecule has 0 unspecified atom stereocenters. The molecule has 0 aromatic heterocycles. The van der Waals surface area contributed by atoms with Gasteiger partial charge in [0.25, 0.3) is 0 Å². The third kappa shape index (κ3) is 3.33. The van der Waals surface area contributed by atoms with Gasteiger partial charge in [-0.3, -0.25) is 0 Å². The molecule has 0 saturated heterocycles. The summed E-state index contributed by atoms with van der Waals surface area (Å²) in [6.07, 6.45) is 0.744. The van der Waals surface area contributed by atoms with Crippen molar-refractivity contribution in [2.45, 2.75) is 6.42 Å². The van der Waals surface area contributed by atoms with Crippen LogP contribution in [0.25, 0.3) is 0 Å². The van der Waals surface area contributed by atoms with Crippen LogP contribution in [0.15, 0.2) is 36.4 Å². The van der Waals surface area contributed by atoms with Gasteiger partial charge in [-0.15, -0.1) is 0 Å². The van der Waals surface area contributed by atoms with E-state index in [0.29, 0.717) is 17.9 Å². The number of ether oxygens (including phenoxy) is 1. The third-order valence-corrected chi connectivity index (χ3v) is 3.28. The molecule has 0 amide bonds. The van der Waals surface area contributed by atoms with E-state index < -0.39 is 5.82 Å². The Kier molecular flexibility index (Phi) is 4.69. The Morgan fingerprint density at radius 3 is 2.80 bits per heavy atom. The highest BCUT2D eigenvalue weighted by Gasteiger charge is 2.06. The van der Waals surface area contributed by atoms with E-state index in [1.54, 1.807) is 7.11 Å². The first kappa shape index (κ1) is 14.5. The predicted molar refractivity (Wildman–Crippen MR) is 81.0 cm³/mol. The van der Waals surface area contributed by atoms with Crippen LogP contribution in [0.1, 0.15) is 5.56 Å². The van der Waals surface area contributed by atoms with Crippen LogP contribution < -0.4 is 15.8 Å². The summed E-state index contributed by atoms with van der Waals surface area (Å²) in [4.78, 5) is 0. The van der Waals surface area contributed by atoms with Crippen molar-refractivity contribution in [1.82, 2.24) is 0 Å². The SMILES string of the molecule is COc1ccccc1CCNc1cc(F)c(Cl)cc1N. The van der Waals surface area contributed by atoms with Crippen molar-refractivity contribution in [2.24, 2.45) is 0 Å². The molecule has 0 aliphatic rings. The highest BCUT2D eigenvalue weighted by Crippen LogP contribution is 2.26. The normalized spacial score (nSPS) is 10.3. The fourth-order valence-electron chi connectivity index (χ4n) is 1.96. The molecule has 0 aliphatic carbocycles. The molecule has 3 nitrogen and oxygen atoms in total. The zero-order valence-corrected chi connectivity index (χ0v) is 11.9. The summed E-state index contributed by atoms with van der Waals surface area (Å²) in [6, 6.07) is 10.5. The minimum absolute atomic E-state index is 0.0257. The Bertz CT molecular complexity index is 604. The summed E-state index contributed by atoms with van der Waals surface area (Å²) in [5, 5.41) is 3.13. The Labute approximate surface area is 122 Å². The maximum Gasteiger partial charge on any atom is 0.143 e. The molecule has 3 N–H and O–H groups in total. The number of halogens is 2. The van der Waals surface area contributed by atoms with Gasteiger partial charge in [-0.05, 0) is 24.1 Å². The van der Waals surface area contributed by atoms with Crippen LogP contribution in [-0.2, 0) is 6.42 Å². The van der Waals surface area contributed by atoms with Gasteiger partial charge in [0.2, 0.25) is 0 Å². The van der Waals surface area contributed by atoms with E-state index >= 15 is 0 Å². The molecule has 0 aliphatic heterocycles. The molecular weight excluding hydrogens is 279 g/mol. The van der Waals surface area contributed by atoms with Gasteiger partial charge in [0.05, 0.1) is 23.5 Å². The molecule has 0 radical (unpaired) electrons. The Hall–Kier alpha value is -1.94. The summed E-state index contributed by atoms with van der Waals surface area (Å²) in [5.74, 6) is 0.352.